The van der Waals surface area contributed by atoms with Gasteiger partial charge in [0.15, 0.2) is 17.3 Å². The van der Waals surface area contributed by atoms with Crippen molar-refractivity contribution in [3.8, 4) is 0 Å². The molecule has 0 aliphatic carbocycles. The number of aromatic nitrogens is 4. The van der Waals surface area contributed by atoms with Gasteiger partial charge in [-0.2, -0.15) is 4.98 Å². The predicted molar refractivity (Wildman–Crippen MR) is 103 cm³/mol. The van der Waals surface area contributed by atoms with Crippen LogP contribution in [0.25, 0.3) is 11.2 Å². The molecule has 2 N–H and O–H groups in total. The van der Waals surface area contributed by atoms with Crippen molar-refractivity contribution in [2.24, 2.45) is 13.0 Å². The van der Waals surface area contributed by atoms with Crippen molar-refractivity contribution in [1.29, 1.82) is 0 Å². The minimum Gasteiger partial charge on any atom is -0.381 e. The van der Waals surface area contributed by atoms with Crippen molar-refractivity contribution in [2.75, 3.05) is 23.8 Å². The predicted octanol–water partition coefficient (Wildman–Crippen LogP) is 3.88. The SMILES string of the molecule is C[C@H]1COCC[C@@H]1Nc1ncc2nc(Nc3c(F)cc(Cl)cc3F)n(C)c2n1. The Morgan fingerprint density at radius 1 is 1.25 bits per heavy atom. The van der Waals surface area contributed by atoms with Gasteiger partial charge in [0.2, 0.25) is 11.9 Å². The zero-order chi connectivity index (χ0) is 19.8. The molecule has 0 saturated carbocycles. The third-order valence-electron chi connectivity index (χ3n) is 4.81. The molecule has 1 aliphatic heterocycles. The second-order valence-corrected chi connectivity index (χ2v) is 7.29. The van der Waals surface area contributed by atoms with Crippen LogP contribution in [-0.4, -0.2) is 38.8 Å². The van der Waals surface area contributed by atoms with E-state index < -0.39 is 11.6 Å². The van der Waals surface area contributed by atoms with Gasteiger partial charge in [0.25, 0.3) is 0 Å². The van der Waals surface area contributed by atoms with Gasteiger partial charge in [-0.3, -0.25) is 4.57 Å². The van der Waals surface area contributed by atoms with Gasteiger partial charge in [0.1, 0.15) is 11.2 Å². The number of imidazole rings is 1. The molecular weight excluding hydrogens is 390 g/mol. The van der Waals surface area contributed by atoms with E-state index in [0.717, 1.165) is 18.6 Å². The van der Waals surface area contributed by atoms with Crippen LogP contribution in [0.15, 0.2) is 18.3 Å². The van der Waals surface area contributed by atoms with Gasteiger partial charge in [0, 0.05) is 24.7 Å². The van der Waals surface area contributed by atoms with E-state index in [1.54, 1.807) is 17.8 Å². The second-order valence-electron chi connectivity index (χ2n) is 6.86. The van der Waals surface area contributed by atoms with Gasteiger partial charge < -0.3 is 15.4 Å². The lowest BCUT2D eigenvalue weighted by Gasteiger charge is -2.29. The van der Waals surface area contributed by atoms with Gasteiger partial charge in [0.05, 0.1) is 12.8 Å². The van der Waals surface area contributed by atoms with Crippen LogP contribution in [0.3, 0.4) is 0 Å². The number of aryl methyl sites for hydroxylation is 1. The van der Waals surface area contributed by atoms with Crippen LogP contribution < -0.4 is 10.6 Å². The Kier molecular flexibility index (Phi) is 5.03. The van der Waals surface area contributed by atoms with E-state index in [2.05, 4.69) is 32.5 Å². The van der Waals surface area contributed by atoms with Gasteiger partial charge >= 0.3 is 0 Å². The van der Waals surface area contributed by atoms with Crippen LogP contribution >= 0.6 is 11.6 Å². The number of hydrogen-bond acceptors (Lipinski definition) is 6. The maximum absolute atomic E-state index is 14.1. The molecule has 2 aromatic heterocycles. The summed E-state index contributed by atoms with van der Waals surface area (Å²) in [5.41, 5.74) is 0.713. The van der Waals surface area contributed by atoms with Gasteiger partial charge in [-0.15, -0.1) is 0 Å². The summed E-state index contributed by atoms with van der Waals surface area (Å²) in [6.45, 7) is 3.50. The van der Waals surface area contributed by atoms with E-state index in [1.807, 2.05) is 0 Å². The summed E-state index contributed by atoms with van der Waals surface area (Å²) in [4.78, 5) is 13.2. The first-order valence-electron chi connectivity index (χ1n) is 8.87. The number of ether oxygens (including phenoxy) is 1. The Labute approximate surface area is 165 Å². The fourth-order valence-corrected chi connectivity index (χ4v) is 3.39. The van der Waals surface area contributed by atoms with E-state index in [0.29, 0.717) is 36.2 Å². The molecule has 0 bridgehead atoms. The van der Waals surface area contributed by atoms with Gasteiger partial charge in [-0.1, -0.05) is 18.5 Å². The highest BCUT2D eigenvalue weighted by Gasteiger charge is 2.23. The minimum absolute atomic E-state index is 0.0190. The smallest absolute Gasteiger partial charge is 0.224 e. The number of anilines is 3. The van der Waals surface area contributed by atoms with Gasteiger partial charge in [-0.25, -0.2) is 18.7 Å². The Morgan fingerprint density at radius 2 is 2.00 bits per heavy atom. The molecule has 1 fully saturated rings. The van der Waals surface area contributed by atoms with E-state index in [1.165, 1.54) is 0 Å². The molecule has 2 atom stereocenters. The van der Waals surface area contributed by atoms with Crippen LogP contribution in [0.5, 0.6) is 0 Å². The Balaban J connectivity index is 1.62. The third kappa shape index (κ3) is 3.59. The maximum atomic E-state index is 14.1. The lowest BCUT2D eigenvalue weighted by Crippen LogP contribution is -2.36. The molecule has 4 rings (SSSR count). The number of nitrogens with one attached hydrogen (secondary N) is 2. The molecule has 0 radical (unpaired) electrons. The number of nitrogens with zero attached hydrogens (tertiary/aromatic N) is 4. The van der Waals surface area contributed by atoms with E-state index in [9.17, 15) is 8.78 Å². The molecule has 0 spiro atoms. The summed E-state index contributed by atoms with van der Waals surface area (Å²) in [6, 6.07) is 2.29. The third-order valence-corrected chi connectivity index (χ3v) is 5.03. The quantitative estimate of drug-likeness (QED) is 0.682. The first-order chi connectivity index (χ1) is 13.4. The lowest BCUT2D eigenvalue weighted by atomic mass is 9.98. The number of hydrogen-bond donors (Lipinski definition) is 2. The summed E-state index contributed by atoms with van der Waals surface area (Å²) >= 11 is 5.67. The molecule has 1 saturated heterocycles. The van der Waals surface area contributed by atoms with Crippen LogP contribution in [0.1, 0.15) is 13.3 Å². The Hall–Kier alpha value is -2.52. The van der Waals surface area contributed by atoms with Crippen molar-refractivity contribution >= 4 is 40.3 Å². The fourth-order valence-electron chi connectivity index (χ4n) is 3.20. The Morgan fingerprint density at radius 3 is 2.71 bits per heavy atom. The standard InChI is InChI=1S/C18H19ClF2N6O/c1-9-8-28-4-3-13(9)23-17-22-7-14-16(26-17)27(2)18(24-14)25-15-11(20)5-10(19)6-12(15)21/h5-7,9,13H,3-4,8H2,1-2H3,(H,24,25)(H,22,23,26)/t9-,13-/m0/s1. The highest BCUT2D eigenvalue weighted by molar-refractivity contribution is 6.30. The first kappa shape index (κ1) is 18.8. The maximum Gasteiger partial charge on any atom is 0.224 e. The summed E-state index contributed by atoms with van der Waals surface area (Å²) in [5.74, 6) is -0.559. The lowest BCUT2D eigenvalue weighted by molar-refractivity contribution is 0.0536. The van der Waals surface area contributed by atoms with Crippen LogP contribution in [-0.2, 0) is 11.8 Å². The molecule has 3 aromatic rings. The zero-order valence-corrected chi connectivity index (χ0v) is 16.1. The number of fused-ring (bicyclic) bond motifs is 1. The average Bonchev–Trinajstić information content (AvgIpc) is 2.96. The molecular formula is C18H19ClF2N6O. The number of benzene rings is 1. The Bertz CT molecular complexity index is 1000. The first-order valence-corrected chi connectivity index (χ1v) is 9.25. The van der Waals surface area contributed by atoms with Crippen LogP contribution in [0, 0.1) is 17.6 Å². The van der Waals surface area contributed by atoms with Crippen molar-refractivity contribution in [2.45, 2.75) is 19.4 Å². The number of halogens is 3. The molecule has 1 aliphatic rings. The second kappa shape index (κ2) is 7.48. The van der Waals surface area contributed by atoms with Crippen molar-refractivity contribution in [1.82, 2.24) is 19.5 Å². The van der Waals surface area contributed by atoms with Crippen LogP contribution in [0.2, 0.25) is 5.02 Å². The summed E-state index contributed by atoms with van der Waals surface area (Å²) < 4.78 is 35.2. The minimum atomic E-state index is -0.806. The van der Waals surface area contributed by atoms with Crippen molar-refractivity contribution in [3.05, 3.63) is 35.0 Å². The van der Waals surface area contributed by atoms with E-state index in [4.69, 9.17) is 16.3 Å². The van der Waals surface area contributed by atoms with Gasteiger partial charge in [-0.05, 0) is 24.5 Å². The average molecular weight is 409 g/mol. The highest BCUT2D eigenvalue weighted by atomic mass is 35.5. The largest absolute Gasteiger partial charge is 0.381 e. The van der Waals surface area contributed by atoms with Crippen LogP contribution in [0.4, 0.5) is 26.4 Å². The van der Waals surface area contributed by atoms with Crippen molar-refractivity contribution in [3.63, 3.8) is 0 Å². The molecule has 1 aromatic carbocycles. The zero-order valence-electron chi connectivity index (χ0n) is 15.3. The fraction of sp³-hybridized carbons (Fsp3) is 0.389. The molecule has 148 valence electrons. The van der Waals surface area contributed by atoms with E-state index in [-0.39, 0.29) is 22.7 Å². The summed E-state index contributed by atoms with van der Waals surface area (Å²) in [7, 11) is 1.71. The normalized spacial score (nSPS) is 19.8. The summed E-state index contributed by atoms with van der Waals surface area (Å²) in [6.07, 6.45) is 2.45. The van der Waals surface area contributed by atoms with E-state index >= 15 is 0 Å². The molecule has 0 unspecified atom stereocenters. The number of rotatable bonds is 4. The molecule has 3 heterocycles. The molecule has 10 heteroatoms. The highest BCUT2D eigenvalue weighted by Crippen LogP contribution is 2.28. The molecule has 7 nitrogen and oxygen atoms in total. The summed E-state index contributed by atoms with van der Waals surface area (Å²) in [5, 5.41) is 5.99. The topological polar surface area (TPSA) is 76.9 Å². The molecule has 28 heavy (non-hydrogen) atoms. The monoisotopic (exact) mass is 408 g/mol. The van der Waals surface area contributed by atoms with Crippen molar-refractivity contribution < 1.29 is 13.5 Å². The molecule has 0 amide bonds.